The molecule has 3 aliphatic heterocycles. The standard InChI is InChI=1S/C33H22N2O9/c1-41-18-8-9-22(23(13-18)35(39)40)34-31(36)28-20(17-7-10-24-26(12-17)43-15-42-24)14-21-27-19-5-3-2-4-16(19)6-11-25(27)44-33(38)29(21)30(28)32(34)37/h2-14,20,28-30H,15H2,1H3/t20-,28-,29+,30-/m0/s1. The number of esters is 1. The molecule has 3 heterocycles. The van der Waals surface area contributed by atoms with Crippen molar-refractivity contribution < 1.29 is 38.3 Å². The minimum absolute atomic E-state index is 0.0518. The molecule has 1 fully saturated rings. The lowest BCUT2D eigenvalue weighted by Crippen LogP contribution is -2.42. The summed E-state index contributed by atoms with van der Waals surface area (Å²) in [6.07, 6.45) is 1.87. The van der Waals surface area contributed by atoms with Crippen molar-refractivity contribution in [1.29, 1.82) is 0 Å². The minimum atomic E-state index is -1.18. The molecule has 0 saturated carbocycles. The lowest BCUT2D eigenvalue weighted by Gasteiger charge is -2.38. The Balaban J connectivity index is 1.36. The van der Waals surface area contributed by atoms with E-state index in [-0.39, 0.29) is 18.2 Å². The van der Waals surface area contributed by atoms with Crippen LogP contribution in [0.4, 0.5) is 11.4 Å². The first-order valence-electron chi connectivity index (χ1n) is 13.9. The van der Waals surface area contributed by atoms with Gasteiger partial charge in [0.15, 0.2) is 11.5 Å². The van der Waals surface area contributed by atoms with E-state index in [1.807, 2.05) is 36.4 Å². The molecule has 2 amide bonds. The molecule has 0 radical (unpaired) electrons. The third-order valence-corrected chi connectivity index (χ3v) is 8.88. The molecule has 4 aromatic rings. The number of carbonyl (C=O) groups is 3. The summed E-state index contributed by atoms with van der Waals surface area (Å²) >= 11 is 0. The zero-order valence-corrected chi connectivity index (χ0v) is 23.1. The number of hydrogen-bond acceptors (Lipinski definition) is 9. The van der Waals surface area contributed by atoms with E-state index in [4.69, 9.17) is 18.9 Å². The number of nitrogens with zero attached hydrogens (tertiary/aromatic N) is 2. The number of allylic oxidation sites excluding steroid dienone is 1. The van der Waals surface area contributed by atoms with E-state index in [0.717, 1.165) is 21.7 Å². The number of ether oxygens (including phenoxy) is 4. The maximum absolute atomic E-state index is 14.4. The van der Waals surface area contributed by atoms with Crippen LogP contribution < -0.4 is 23.8 Å². The van der Waals surface area contributed by atoms with E-state index in [2.05, 4.69) is 0 Å². The Morgan fingerprint density at radius 2 is 1.66 bits per heavy atom. The van der Waals surface area contributed by atoms with Crippen molar-refractivity contribution in [3.8, 4) is 23.0 Å². The predicted molar refractivity (Wildman–Crippen MR) is 155 cm³/mol. The predicted octanol–water partition coefficient (Wildman–Crippen LogP) is 5.01. The van der Waals surface area contributed by atoms with Gasteiger partial charge in [0, 0.05) is 11.5 Å². The van der Waals surface area contributed by atoms with Gasteiger partial charge in [-0.15, -0.1) is 0 Å². The summed E-state index contributed by atoms with van der Waals surface area (Å²) in [7, 11) is 1.36. The second-order valence-electron chi connectivity index (χ2n) is 11.0. The molecular weight excluding hydrogens is 568 g/mol. The van der Waals surface area contributed by atoms with Crippen molar-refractivity contribution in [1.82, 2.24) is 0 Å². The maximum Gasteiger partial charge on any atom is 0.319 e. The largest absolute Gasteiger partial charge is 0.496 e. The molecule has 0 aromatic heterocycles. The van der Waals surface area contributed by atoms with Gasteiger partial charge in [0.05, 0.1) is 35.9 Å². The van der Waals surface area contributed by atoms with Crippen LogP contribution in [0.15, 0.2) is 78.9 Å². The highest BCUT2D eigenvalue weighted by molar-refractivity contribution is 6.25. The van der Waals surface area contributed by atoms with Crippen molar-refractivity contribution in [3.05, 3.63) is 100 Å². The molecule has 4 atom stereocenters. The van der Waals surface area contributed by atoms with E-state index < -0.39 is 52.1 Å². The smallest absolute Gasteiger partial charge is 0.319 e. The van der Waals surface area contributed by atoms with E-state index in [9.17, 15) is 24.5 Å². The van der Waals surface area contributed by atoms with Gasteiger partial charge in [-0.25, -0.2) is 4.90 Å². The Kier molecular flexibility index (Phi) is 5.54. The molecule has 4 aromatic carbocycles. The molecule has 0 bridgehead atoms. The average molecular weight is 591 g/mol. The van der Waals surface area contributed by atoms with Crippen molar-refractivity contribution >= 4 is 45.5 Å². The van der Waals surface area contributed by atoms with Crippen LogP contribution in [0, 0.1) is 27.9 Å². The molecule has 8 rings (SSSR count). The third-order valence-electron chi connectivity index (χ3n) is 8.88. The van der Waals surface area contributed by atoms with Gasteiger partial charge in [-0.1, -0.05) is 42.5 Å². The van der Waals surface area contributed by atoms with Crippen LogP contribution in [-0.2, 0) is 14.4 Å². The second kappa shape index (κ2) is 9.40. The van der Waals surface area contributed by atoms with Crippen LogP contribution in [0.25, 0.3) is 16.3 Å². The number of benzene rings is 4. The van der Waals surface area contributed by atoms with Gasteiger partial charge in [-0.05, 0) is 52.2 Å². The van der Waals surface area contributed by atoms with Crippen LogP contribution in [0.3, 0.4) is 0 Å². The highest BCUT2D eigenvalue weighted by Gasteiger charge is 2.61. The average Bonchev–Trinajstić information content (AvgIpc) is 3.61. The molecule has 0 N–H and O–H groups in total. The van der Waals surface area contributed by atoms with Gasteiger partial charge in [0.25, 0.3) is 5.69 Å². The van der Waals surface area contributed by atoms with Gasteiger partial charge >= 0.3 is 5.97 Å². The van der Waals surface area contributed by atoms with E-state index in [0.29, 0.717) is 33.9 Å². The van der Waals surface area contributed by atoms with Gasteiger partial charge in [0.2, 0.25) is 18.6 Å². The van der Waals surface area contributed by atoms with Gasteiger partial charge in [0.1, 0.15) is 17.2 Å². The summed E-state index contributed by atoms with van der Waals surface area (Å²) in [4.78, 5) is 54.7. The quantitative estimate of drug-likeness (QED) is 0.106. The highest BCUT2D eigenvalue weighted by Crippen LogP contribution is 2.56. The number of nitro groups is 1. The summed E-state index contributed by atoms with van der Waals surface area (Å²) in [6, 6.07) is 20.5. The van der Waals surface area contributed by atoms with Crippen LogP contribution in [0.2, 0.25) is 0 Å². The fraction of sp³-hybridized carbons (Fsp3) is 0.182. The topological polar surface area (TPSA) is 135 Å². The number of hydrogen-bond donors (Lipinski definition) is 0. The minimum Gasteiger partial charge on any atom is -0.496 e. The molecule has 11 heteroatoms. The SMILES string of the molecule is COc1ccc(N2C(=O)[C@@H]3[C@@H]4C(=O)Oc5ccc6ccccc6c5C4=C[C@@H](c4ccc5c(c4)OCO5)[C@@H]3C2=O)c([N+](=O)[O-])c1. The van der Waals surface area contributed by atoms with E-state index >= 15 is 0 Å². The number of rotatable bonds is 4. The van der Waals surface area contributed by atoms with Gasteiger partial charge in [-0.2, -0.15) is 0 Å². The lowest BCUT2D eigenvalue weighted by molar-refractivity contribution is -0.384. The Hall–Kier alpha value is -5.71. The number of fused-ring (bicyclic) bond motifs is 8. The molecule has 44 heavy (non-hydrogen) atoms. The monoisotopic (exact) mass is 590 g/mol. The number of imide groups is 1. The number of amides is 2. The molecule has 11 nitrogen and oxygen atoms in total. The maximum atomic E-state index is 14.4. The summed E-state index contributed by atoms with van der Waals surface area (Å²) in [5.74, 6) is -4.46. The zero-order valence-electron chi connectivity index (χ0n) is 23.1. The Morgan fingerprint density at radius 3 is 2.48 bits per heavy atom. The number of carbonyl (C=O) groups excluding carboxylic acids is 3. The molecule has 0 unspecified atom stereocenters. The van der Waals surface area contributed by atoms with Crippen LogP contribution in [-0.4, -0.2) is 36.6 Å². The van der Waals surface area contributed by atoms with E-state index in [1.54, 1.807) is 24.3 Å². The number of methoxy groups -OCH3 is 1. The van der Waals surface area contributed by atoms with Crippen molar-refractivity contribution in [3.63, 3.8) is 0 Å². The molecule has 1 saturated heterocycles. The number of anilines is 1. The molecule has 4 aliphatic rings. The number of nitro benzene ring substituents is 1. The normalized spacial score (nSPS) is 23.1. The molecule has 0 spiro atoms. The highest BCUT2D eigenvalue weighted by atomic mass is 16.7. The van der Waals surface area contributed by atoms with Crippen LogP contribution in [0.5, 0.6) is 23.0 Å². The Morgan fingerprint density at radius 1 is 0.886 bits per heavy atom. The fourth-order valence-corrected chi connectivity index (χ4v) is 6.98. The Labute approximate surface area is 249 Å². The van der Waals surface area contributed by atoms with Crippen molar-refractivity contribution in [2.75, 3.05) is 18.8 Å². The summed E-state index contributed by atoms with van der Waals surface area (Å²) in [6.45, 7) is 0.0518. The molecular formula is C33H22N2O9. The summed E-state index contributed by atoms with van der Waals surface area (Å²) < 4.78 is 22.1. The van der Waals surface area contributed by atoms with Gasteiger partial charge in [-0.3, -0.25) is 24.5 Å². The lowest BCUT2D eigenvalue weighted by atomic mass is 9.64. The third kappa shape index (κ3) is 3.58. The first kappa shape index (κ1) is 26.0. The van der Waals surface area contributed by atoms with Crippen molar-refractivity contribution in [2.45, 2.75) is 5.92 Å². The Bertz CT molecular complexity index is 2000. The van der Waals surface area contributed by atoms with Crippen LogP contribution >= 0.6 is 0 Å². The van der Waals surface area contributed by atoms with E-state index in [1.165, 1.54) is 19.2 Å². The van der Waals surface area contributed by atoms with Gasteiger partial charge < -0.3 is 18.9 Å². The molecule has 218 valence electrons. The first-order valence-corrected chi connectivity index (χ1v) is 13.9. The first-order chi connectivity index (χ1) is 21.4. The van der Waals surface area contributed by atoms with Crippen LogP contribution in [0.1, 0.15) is 17.0 Å². The zero-order chi connectivity index (χ0) is 30.3. The summed E-state index contributed by atoms with van der Waals surface area (Å²) in [5.41, 5.74) is 1.25. The fourth-order valence-electron chi connectivity index (χ4n) is 6.98. The molecule has 1 aliphatic carbocycles. The summed E-state index contributed by atoms with van der Waals surface area (Å²) in [5, 5.41) is 13.8. The second-order valence-corrected chi connectivity index (χ2v) is 11.0. The van der Waals surface area contributed by atoms with Crippen molar-refractivity contribution in [2.24, 2.45) is 17.8 Å².